The van der Waals surface area contributed by atoms with Gasteiger partial charge >= 0.3 is 6.09 Å². The van der Waals surface area contributed by atoms with Gasteiger partial charge in [0.15, 0.2) is 5.78 Å². The van der Waals surface area contributed by atoms with Crippen molar-refractivity contribution < 1.29 is 28.7 Å². The van der Waals surface area contributed by atoms with Crippen LogP contribution < -0.4 is 16.0 Å². The summed E-state index contributed by atoms with van der Waals surface area (Å²) in [5.41, 5.74) is 1.63. The van der Waals surface area contributed by atoms with E-state index in [1.54, 1.807) is 24.3 Å². The van der Waals surface area contributed by atoms with Gasteiger partial charge in [0.25, 0.3) is 5.91 Å². The van der Waals surface area contributed by atoms with E-state index in [9.17, 15) is 19.2 Å². The Hall–Kier alpha value is -3.72. The third kappa shape index (κ3) is 7.66. The number of ether oxygens (including phenoxy) is 2. The van der Waals surface area contributed by atoms with Crippen LogP contribution >= 0.6 is 0 Å². The minimum atomic E-state index is -0.794. The van der Waals surface area contributed by atoms with Crippen LogP contribution in [0.5, 0.6) is 0 Å². The van der Waals surface area contributed by atoms with Crippen LogP contribution in [-0.2, 0) is 25.7 Å². The van der Waals surface area contributed by atoms with Gasteiger partial charge in [-0.05, 0) is 60.9 Å². The highest BCUT2D eigenvalue weighted by molar-refractivity contribution is 5.99. The van der Waals surface area contributed by atoms with Crippen molar-refractivity contribution in [2.75, 3.05) is 11.9 Å². The molecule has 1 aliphatic carbocycles. The Balaban J connectivity index is 1.37. The van der Waals surface area contributed by atoms with Crippen LogP contribution in [0.3, 0.4) is 0 Å². The number of nitrogens with one attached hydrogen (secondary N) is 3. The monoisotopic (exact) mass is 535 g/mol. The second-order valence-corrected chi connectivity index (χ2v) is 10.7. The summed E-state index contributed by atoms with van der Waals surface area (Å²) in [6.45, 7) is 4.18. The van der Waals surface area contributed by atoms with Crippen LogP contribution in [0, 0.1) is 5.41 Å². The molecule has 208 valence electrons. The summed E-state index contributed by atoms with van der Waals surface area (Å²) in [6.07, 6.45) is 4.27. The Labute approximate surface area is 229 Å². The number of rotatable bonds is 10. The molecule has 2 aromatic rings. The lowest BCUT2D eigenvalue weighted by atomic mass is 9.81. The van der Waals surface area contributed by atoms with Crippen molar-refractivity contribution >= 4 is 29.4 Å². The Bertz CT molecular complexity index is 1160. The van der Waals surface area contributed by atoms with E-state index in [2.05, 4.69) is 22.9 Å². The molecule has 0 radical (unpaired) electrons. The minimum Gasteiger partial charge on any atom is -0.444 e. The molecule has 39 heavy (non-hydrogen) atoms. The third-order valence-electron chi connectivity index (χ3n) is 7.59. The first kappa shape index (κ1) is 28.3. The van der Waals surface area contributed by atoms with Gasteiger partial charge in [0.2, 0.25) is 5.91 Å². The Kier molecular flexibility index (Phi) is 9.35. The van der Waals surface area contributed by atoms with E-state index in [0.29, 0.717) is 24.1 Å². The van der Waals surface area contributed by atoms with E-state index in [0.717, 1.165) is 31.2 Å². The second-order valence-electron chi connectivity index (χ2n) is 10.7. The van der Waals surface area contributed by atoms with Crippen molar-refractivity contribution in [2.45, 2.75) is 77.2 Å². The molecule has 3 atom stereocenters. The number of hydrogen-bond acceptors (Lipinski definition) is 6. The molecule has 4 rings (SSSR count). The van der Waals surface area contributed by atoms with Crippen LogP contribution in [0.25, 0.3) is 0 Å². The Morgan fingerprint density at radius 2 is 1.74 bits per heavy atom. The highest BCUT2D eigenvalue weighted by Crippen LogP contribution is 2.41. The topological polar surface area (TPSA) is 123 Å². The molecule has 3 amide bonds. The fourth-order valence-electron chi connectivity index (χ4n) is 5.32. The zero-order chi connectivity index (χ0) is 27.8. The number of benzene rings is 2. The summed E-state index contributed by atoms with van der Waals surface area (Å²) in [6, 6.07) is 14.2. The van der Waals surface area contributed by atoms with Gasteiger partial charge in [0.05, 0.1) is 6.10 Å². The zero-order valence-electron chi connectivity index (χ0n) is 22.5. The molecule has 0 unspecified atom stereocenters. The average Bonchev–Trinajstić information content (AvgIpc) is 3.53. The molecule has 2 aliphatic rings. The van der Waals surface area contributed by atoms with Gasteiger partial charge in [-0.3, -0.25) is 19.7 Å². The first-order valence-electron chi connectivity index (χ1n) is 13.6. The average molecular weight is 536 g/mol. The van der Waals surface area contributed by atoms with Gasteiger partial charge in [-0.25, -0.2) is 4.79 Å². The normalized spacial score (nSPS) is 20.7. The van der Waals surface area contributed by atoms with Crippen molar-refractivity contribution in [2.24, 2.45) is 5.41 Å². The Morgan fingerprint density at radius 3 is 2.41 bits per heavy atom. The summed E-state index contributed by atoms with van der Waals surface area (Å²) >= 11 is 0. The fourth-order valence-corrected chi connectivity index (χ4v) is 5.32. The number of anilines is 1. The molecule has 2 fully saturated rings. The maximum Gasteiger partial charge on any atom is 0.411 e. The SMILES string of the molecule is CC[C@@H]1OCC(=O)[C@H]1NC(=O)[C@H](CC1(C)CCCC1)NC(=O)c1ccc(NC(=O)OCc2ccccc2)cc1. The van der Waals surface area contributed by atoms with E-state index < -0.39 is 24.1 Å². The third-order valence-corrected chi connectivity index (χ3v) is 7.59. The zero-order valence-corrected chi connectivity index (χ0v) is 22.5. The molecule has 9 nitrogen and oxygen atoms in total. The number of hydrogen-bond donors (Lipinski definition) is 3. The summed E-state index contributed by atoms with van der Waals surface area (Å²) in [5.74, 6) is -0.938. The maximum absolute atomic E-state index is 13.3. The summed E-state index contributed by atoms with van der Waals surface area (Å²) in [5, 5.41) is 8.38. The van der Waals surface area contributed by atoms with E-state index in [1.165, 1.54) is 0 Å². The van der Waals surface area contributed by atoms with Crippen molar-refractivity contribution in [3.63, 3.8) is 0 Å². The van der Waals surface area contributed by atoms with Crippen molar-refractivity contribution in [1.82, 2.24) is 10.6 Å². The lowest BCUT2D eigenvalue weighted by Gasteiger charge is -2.30. The van der Waals surface area contributed by atoms with Gasteiger partial charge in [-0.2, -0.15) is 0 Å². The lowest BCUT2D eigenvalue weighted by molar-refractivity contribution is -0.128. The summed E-state index contributed by atoms with van der Waals surface area (Å²) < 4.78 is 10.7. The number of amides is 3. The molecule has 1 heterocycles. The van der Waals surface area contributed by atoms with Gasteiger partial charge in [-0.15, -0.1) is 0 Å². The molecule has 1 aliphatic heterocycles. The molecular weight excluding hydrogens is 498 g/mol. The Morgan fingerprint density at radius 1 is 1.05 bits per heavy atom. The van der Waals surface area contributed by atoms with E-state index in [4.69, 9.17) is 9.47 Å². The minimum absolute atomic E-state index is 0.0155. The van der Waals surface area contributed by atoms with Crippen molar-refractivity contribution in [1.29, 1.82) is 0 Å². The molecule has 2 aromatic carbocycles. The van der Waals surface area contributed by atoms with E-state index in [-0.39, 0.29) is 36.4 Å². The number of carbonyl (C=O) groups excluding carboxylic acids is 4. The number of ketones is 1. The summed E-state index contributed by atoms with van der Waals surface area (Å²) in [4.78, 5) is 51.0. The second kappa shape index (κ2) is 12.9. The maximum atomic E-state index is 13.3. The predicted molar refractivity (Wildman–Crippen MR) is 146 cm³/mol. The standard InChI is InChI=1S/C30H37N3O6/c1-3-25-26(24(34)19-38-25)33-28(36)23(17-30(2)15-7-8-16-30)32-27(35)21-11-13-22(14-12-21)31-29(37)39-18-20-9-5-4-6-10-20/h4-6,9-14,23,25-26H,3,7-8,15-19H2,1-2H3,(H,31,37)(H,32,35)(H,33,36)/t23-,25-,26+/m0/s1. The van der Waals surface area contributed by atoms with Gasteiger partial charge in [-0.1, -0.05) is 57.0 Å². The highest BCUT2D eigenvalue weighted by atomic mass is 16.5. The summed E-state index contributed by atoms with van der Waals surface area (Å²) in [7, 11) is 0. The molecule has 0 spiro atoms. The predicted octanol–water partition coefficient (Wildman–Crippen LogP) is 4.37. The lowest BCUT2D eigenvalue weighted by Crippen LogP contribution is -2.54. The van der Waals surface area contributed by atoms with E-state index >= 15 is 0 Å². The van der Waals surface area contributed by atoms with Crippen LogP contribution in [0.4, 0.5) is 10.5 Å². The molecular formula is C30H37N3O6. The fraction of sp³-hybridized carbons (Fsp3) is 0.467. The molecule has 3 N–H and O–H groups in total. The number of carbonyl (C=O) groups is 4. The molecule has 0 aromatic heterocycles. The first-order chi connectivity index (χ1) is 18.8. The van der Waals surface area contributed by atoms with E-state index in [1.807, 2.05) is 37.3 Å². The molecule has 0 bridgehead atoms. The number of Topliss-reactive ketones (excluding diaryl/α,β-unsaturated/α-hetero) is 1. The van der Waals surface area contributed by atoms with Crippen molar-refractivity contribution in [3.8, 4) is 0 Å². The largest absolute Gasteiger partial charge is 0.444 e. The van der Waals surface area contributed by atoms with Crippen LogP contribution in [-0.4, -0.2) is 48.5 Å². The highest BCUT2D eigenvalue weighted by Gasteiger charge is 2.39. The van der Waals surface area contributed by atoms with Gasteiger partial charge < -0.3 is 20.1 Å². The van der Waals surface area contributed by atoms with Gasteiger partial charge in [0, 0.05) is 11.3 Å². The van der Waals surface area contributed by atoms with Crippen LogP contribution in [0.15, 0.2) is 54.6 Å². The molecule has 1 saturated heterocycles. The van der Waals surface area contributed by atoms with Crippen LogP contribution in [0.1, 0.15) is 68.3 Å². The smallest absolute Gasteiger partial charge is 0.411 e. The van der Waals surface area contributed by atoms with Gasteiger partial charge in [0.1, 0.15) is 25.3 Å². The quantitative estimate of drug-likeness (QED) is 0.415. The van der Waals surface area contributed by atoms with Crippen LogP contribution in [0.2, 0.25) is 0 Å². The first-order valence-corrected chi connectivity index (χ1v) is 13.6. The molecule has 1 saturated carbocycles. The van der Waals surface area contributed by atoms with Crippen molar-refractivity contribution in [3.05, 3.63) is 65.7 Å². The molecule has 9 heteroatoms.